The molecule has 1 heterocycles. The van der Waals surface area contributed by atoms with Crippen LogP contribution in [0.15, 0.2) is 28.9 Å². The van der Waals surface area contributed by atoms with Crippen molar-refractivity contribution in [3.63, 3.8) is 0 Å². The highest BCUT2D eigenvalue weighted by Crippen LogP contribution is 2.20. The summed E-state index contributed by atoms with van der Waals surface area (Å²) >= 11 is 9.40. The van der Waals surface area contributed by atoms with E-state index in [9.17, 15) is 0 Å². The number of aromatic nitrogens is 2. The van der Waals surface area contributed by atoms with E-state index in [0.717, 1.165) is 16.0 Å². The van der Waals surface area contributed by atoms with Crippen LogP contribution < -0.4 is 5.32 Å². The van der Waals surface area contributed by atoms with E-state index in [-0.39, 0.29) is 0 Å². The number of rotatable bonds is 3. The molecule has 1 aromatic carbocycles. The molecular formula is C12H13BrClN3. The normalized spacial score (nSPS) is 10.6. The van der Waals surface area contributed by atoms with Crippen molar-refractivity contribution in [3.05, 3.63) is 45.4 Å². The molecule has 3 nitrogen and oxygen atoms in total. The number of aryl methyl sites for hydroxylation is 1. The second kappa shape index (κ2) is 5.10. The first-order valence-electron chi connectivity index (χ1n) is 5.24. The molecule has 0 aliphatic carbocycles. The first-order chi connectivity index (χ1) is 8.08. The van der Waals surface area contributed by atoms with Gasteiger partial charge in [-0.2, -0.15) is 0 Å². The fourth-order valence-corrected chi connectivity index (χ4v) is 1.92. The number of halogens is 2. The van der Waals surface area contributed by atoms with Crippen LogP contribution in [0.3, 0.4) is 0 Å². The number of hydrogen-bond acceptors (Lipinski definition) is 2. The summed E-state index contributed by atoms with van der Waals surface area (Å²) in [6.07, 6.45) is 1.66. The molecule has 0 amide bonds. The van der Waals surface area contributed by atoms with Gasteiger partial charge < -0.3 is 9.88 Å². The van der Waals surface area contributed by atoms with E-state index < -0.39 is 0 Å². The fraction of sp³-hybridized carbons (Fsp3) is 0.250. The zero-order chi connectivity index (χ0) is 12.4. The third kappa shape index (κ3) is 2.82. The molecule has 0 aliphatic heterocycles. The standard InChI is InChI=1S/C12H13BrClN3/c1-8-5-9(3-4-10(8)13)15-7-12-16-6-11(14)17(12)2/h3-6,15H,7H2,1-2H3. The number of nitrogens with one attached hydrogen (secondary N) is 1. The molecule has 0 bridgehead atoms. The molecule has 0 fully saturated rings. The van der Waals surface area contributed by atoms with Crippen LogP contribution >= 0.6 is 27.5 Å². The Balaban J connectivity index is 2.07. The van der Waals surface area contributed by atoms with Crippen molar-refractivity contribution in [2.75, 3.05) is 5.32 Å². The lowest BCUT2D eigenvalue weighted by atomic mass is 10.2. The minimum Gasteiger partial charge on any atom is -0.378 e. The molecule has 2 rings (SSSR count). The molecule has 0 unspecified atom stereocenters. The van der Waals surface area contributed by atoms with Crippen molar-refractivity contribution in [3.8, 4) is 0 Å². The molecule has 1 aromatic heterocycles. The van der Waals surface area contributed by atoms with Crippen molar-refractivity contribution < 1.29 is 0 Å². The van der Waals surface area contributed by atoms with E-state index in [1.165, 1.54) is 5.56 Å². The van der Waals surface area contributed by atoms with E-state index in [1.807, 2.05) is 23.7 Å². The van der Waals surface area contributed by atoms with Gasteiger partial charge in [0.2, 0.25) is 0 Å². The topological polar surface area (TPSA) is 29.9 Å². The highest BCUT2D eigenvalue weighted by atomic mass is 79.9. The predicted molar refractivity (Wildman–Crippen MR) is 74.4 cm³/mol. The van der Waals surface area contributed by atoms with Crippen LogP contribution in [0.2, 0.25) is 5.15 Å². The van der Waals surface area contributed by atoms with Crippen LogP contribution in [-0.4, -0.2) is 9.55 Å². The maximum absolute atomic E-state index is 5.92. The van der Waals surface area contributed by atoms with Gasteiger partial charge in [0.05, 0.1) is 12.7 Å². The van der Waals surface area contributed by atoms with Crippen molar-refractivity contribution in [1.82, 2.24) is 9.55 Å². The van der Waals surface area contributed by atoms with Crippen LogP contribution in [0.4, 0.5) is 5.69 Å². The van der Waals surface area contributed by atoms with Gasteiger partial charge in [-0.25, -0.2) is 4.98 Å². The number of nitrogens with zero attached hydrogens (tertiary/aromatic N) is 2. The van der Waals surface area contributed by atoms with Gasteiger partial charge in [0, 0.05) is 17.2 Å². The Morgan fingerprint density at radius 1 is 1.47 bits per heavy atom. The maximum Gasteiger partial charge on any atom is 0.128 e. The second-order valence-electron chi connectivity index (χ2n) is 3.87. The third-order valence-corrected chi connectivity index (χ3v) is 3.88. The molecule has 1 N–H and O–H groups in total. The maximum atomic E-state index is 5.92. The first-order valence-corrected chi connectivity index (χ1v) is 6.41. The average molecular weight is 315 g/mol. The third-order valence-electron chi connectivity index (χ3n) is 2.64. The van der Waals surface area contributed by atoms with Crippen LogP contribution in [0, 0.1) is 6.92 Å². The summed E-state index contributed by atoms with van der Waals surface area (Å²) in [7, 11) is 1.90. The monoisotopic (exact) mass is 313 g/mol. The molecule has 0 aliphatic rings. The molecule has 90 valence electrons. The van der Waals surface area contributed by atoms with Crippen molar-refractivity contribution >= 4 is 33.2 Å². The molecule has 0 saturated carbocycles. The quantitative estimate of drug-likeness (QED) is 0.935. The Morgan fingerprint density at radius 3 is 2.82 bits per heavy atom. The van der Waals surface area contributed by atoms with Gasteiger partial charge in [-0.15, -0.1) is 0 Å². The highest BCUT2D eigenvalue weighted by Gasteiger charge is 2.04. The molecule has 5 heteroatoms. The Hall–Kier alpha value is -1.00. The minimum atomic E-state index is 0.647. The summed E-state index contributed by atoms with van der Waals surface area (Å²) in [4.78, 5) is 4.23. The molecule has 0 atom stereocenters. The second-order valence-corrected chi connectivity index (χ2v) is 5.12. The average Bonchev–Trinajstić information content (AvgIpc) is 2.62. The Kier molecular flexibility index (Phi) is 3.74. The minimum absolute atomic E-state index is 0.647. The highest BCUT2D eigenvalue weighted by molar-refractivity contribution is 9.10. The van der Waals surface area contributed by atoms with Crippen LogP contribution in [0.1, 0.15) is 11.4 Å². The fourth-order valence-electron chi connectivity index (χ4n) is 1.52. The van der Waals surface area contributed by atoms with Gasteiger partial charge >= 0.3 is 0 Å². The zero-order valence-corrected chi connectivity index (χ0v) is 12.0. The van der Waals surface area contributed by atoms with E-state index in [4.69, 9.17) is 11.6 Å². The Bertz CT molecular complexity index is 537. The SMILES string of the molecule is Cc1cc(NCc2ncc(Cl)n2C)ccc1Br. The number of imidazole rings is 1. The van der Waals surface area contributed by atoms with E-state index in [1.54, 1.807) is 6.20 Å². The Labute approximate surface area is 114 Å². The largest absolute Gasteiger partial charge is 0.378 e. The van der Waals surface area contributed by atoms with Gasteiger partial charge in [-0.3, -0.25) is 0 Å². The summed E-state index contributed by atoms with van der Waals surface area (Å²) in [5, 5.41) is 3.97. The molecule has 17 heavy (non-hydrogen) atoms. The van der Waals surface area contributed by atoms with Crippen LogP contribution in [0.25, 0.3) is 0 Å². The molecule has 0 spiro atoms. The molecule has 0 saturated heterocycles. The van der Waals surface area contributed by atoms with Crippen molar-refractivity contribution in [2.45, 2.75) is 13.5 Å². The van der Waals surface area contributed by atoms with Crippen molar-refractivity contribution in [2.24, 2.45) is 7.05 Å². The molecule has 2 aromatic rings. The van der Waals surface area contributed by atoms with Gasteiger partial charge in [-0.05, 0) is 30.7 Å². The lowest BCUT2D eigenvalue weighted by molar-refractivity contribution is 0.813. The van der Waals surface area contributed by atoms with E-state index in [0.29, 0.717) is 11.7 Å². The van der Waals surface area contributed by atoms with E-state index >= 15 is 0 Å². The van der Waals surface area contributed by atoms with E-state index in [2.05, 4.69) is 39.2 Å². The summed E-state index contributed by atoms with van der Waals surface area (Å²) in [6.45, 7) is 2.72. The number of anilines is 1. The first kappa shape index (κ1) is 12.5. The summed E-state index contributed by atoms with van der Waals surface area (Å²) in [5.74, 6) is 0.913. The van der Waals surface area contributed by atoms with Crippen LogP contribution in [-0.2, 0) is 13.6 Å². The molecular weight excluding hydrogens is 302 g/mol. The predicted octanol–water partition coefficient (Wildman–Crippen LogP) is 3.76. The van der Waals surface area contributed by atoms with Crippen LogP contribution in [0.5, 0.6) is 0 Å². The van der Waals surface area contributed by atoms with Gasteiger partial charge in [0.25, 0.3) is 0 Å². The smallest absolute Gasteiger partial charge is 0.128 e. The summed E-state index contributed by atoms with van der Waals surface area (Å²) in [6, 6.07) is 6.15. The number of benzene rings is 1. The van der Waals surface area contributed by atoms with Crippen molar-refractivity contribution in [1.29, 1.82) is 0 Å². The Morgan fingerprint density at radius 2 is 2.24 bits per heavy atom. The summed E-state index contributed by atoms with van der Waals surface area (Å²) < 4.78 is 2.98. The van der Waals surface area contributed by atoms with Gasteiger partial charge in [0.15, 0.2) is 0 Å². The van der Waals surface area contributed by atoms with Gasteiger partial charge in [-0.1, -0.05) is 27.5 Å². The lowest BCUT2D eigenvalue weighted by Gasteiger charge is -2.08. The van der Waals surface area contributed by atoms with Gasteiger partial charge in [0.1, 0.15) is 11.0 Å². The molecule has 0 radical (unpaired) electrons. The lowest BCUT2D eigenvalue weighted by Crippen LogP contribution is -2.06. The summed E-state index contributed by atoms with van der Waals surface area (Å²) in [5.41, 5.74) is 2.28. The zero-order valence-electron chi connectivity index (χ0n) is 9.67. The number of hydrogen-bond donors (Lipinski definition) is 1.